The molecule has 1 fully saturated rings. The Kier molecular flexibility index (Phi) is 2.94. The van der Waals surface area contributed by atoms with E-state index in [9.17, 15) is 4.79 Å². The molecule has 0 saturated carbocycles. The van der Waals surface area contributed by atoms with E-state index in [0.29, 0.717) is 6.61 Å². The van der Waals surface area contributed by atoms with Crippen molar-refractivity contribution < 1.29 is 9.53 Å². The van der Waals surface area contributed by atoms with Crippen molar-refractivity contribution in [3.05, 3.63) is 65.2 Å². The molecule has 4 heteroatoms. The second-order valence-corrected chi connectivity index (χ2v) is 5.60. The highest BCUT2D eigenvalue weighted by molar-refractivity contribution is 6.01. The van der Waals surface area contributed by atoms with Crippen molar-refractivity contribution in [2.45, 2.75) is 12.6 Å². The molecule has 2 aliphatic heterocycles. The molecule has 0 unspecified atom stereocenters. The average Bonchev–Trinajstić information content (AvgIpc) is 3.09. The Morgan fingerprint density at radius 2 is 1.95 bits per heavy atom. The quantitative estimate of drug-likeness (QED) is 0.945. The SMILES string of the molecule is CCOc1ccc([C@@]23NCCN2C(=O)c2ccccc23)cc1. The van der Waals surface area contributed by atoms with Gasteiger partial charge >= 0.3 is 0 Å². The van der Waals surface area contributed by atoms with E-state index >= 15 is 0 Å². The fraction of sp³-hybridized carbons (Fsp3) is 0.278. The maximum Gasteiger partial charge on any atom is 0.256 e. The van der Waals surface area contributed by atoms with Gasteiger partial charge in [-0.2, -0.15) is 0 Å². The highest BCUT2D eigenvalue weighted by atomic mass is 16.5. The summed E-state index contributed by atoms with van der Waals surface area (Å²) in [5.41, 5.74) is 2.38. The lowest BCUT2D eigenvalue weighted by atomic mass is 9.91. The van der Waals surface area contributed by atoms with Gasteiger partial charge in [0, 0.05) is 24.2 Å². The van der Waals surface area contributed by atoms with Gasteiger partial charge in [0.25, 0.3) is 5.91 Å². The van der Waals surface area contributed by atoms with E-state index in [1.807, 2.05) is 60.4 Å². The predicted molar refractivity (Wildman–Crippen MR) is 83.9 cm³/mol. The molecule has 2 aromatic rings. The minimum atomic E-state index is -0.529. The number of hydrogen-bond acceptors (Lipinski definition) is 3. The zero-order valence-corrected chi connectivity index (χ0v) is 12.5. The van der Waals surface area contributed by atoms with Gasteiger partial charge in [0.2, 0.25) is 0 Å². The fourth-order valence-corrected chi connectivity index (χ4v) is 3.61. The molecule has 0 spiro atoms. The summed E-state index contributed by atoms with van der Waals surface area (Å²) in [4.78, 5) is 14.6. The summed E-state index contributed by atoms with van der Waals surface area (Å²) in [6, 6.07) is 15.9. The highest BCUT2D eigenvalue weighted by Gasteiger charge is 2.53. The van der Waals surface area contributed by atoms with E-state index in [0.717, 1.165) is 35.5 Å². The van der Waals surface area contributed by atoms with Gasteiger partial charge in [0.05, 0.1) is 6.61 Å². The Balaban J connectivity index is 1.86. The maximum atomic E-state index is 12.7. The maximum absolute atomic E-state index is 12.7. The summed E-state index contributed by atoms with van der Waals surface area (Å²) in [5.74, 6) is 0.958. The summed E-state index contributed by atoms with van der Waals surface area (Å²) in [6.07, 6.45) is 0. The molecule has 0 radical (unpaired) electrons. The van der Waals surface area contributed by atoms with Crippen LogP contribution in [0.25, 0.3) is 0 Å². The molecule has 1 atom stereocenters. The van der Waals surface area contributed by atoms with Gasteiger partial charge in [-0.15, -0.1) is 0 Å². The first-order valence-corrected chi connectivity index (χ1v) is 7.67. The van der Waals surface area contributed by atoms with Crippen LogP contribution >= 0.6 is 0 Å². The second-order valence-electron chi connectivity index (χ2n) is 5.60. The largest absolute Gasteiger partial charge is 0.494 e. The first-order chi connectivity index (χ1) is 10.8. The molecular weight excluding hydrogens is 276 g/mol. The fourth-order valence-electron chi connectivity index (χ4n) is 3.61. The number of fused-ring (bicyclic) bond motifs is 3. The van der Waals surface area contributed by atoms with Crippen molar-refractivity contribution in [2.24, 2.45) is 0 Å². The van der Waals surface area contributed by atoms with Crippen LogP contribution in [-0.4, -0.2) is 30.5 Å². The lowest BCUT2D eigenvalue weighted by Gasteiger charge is -2.33. The molecule has 0 aliphatic carbocycles. The Bertz CT molecular complexity index is 726. The number of carbonyl (C=O) groups excluding carboxylic acids is 1. The van der Waals surface area contributed by atoms with Crippen molar-refractivity contribution >= 4 is 5.91 Å². The molecule has 1 amide bonds. The number of amides is 1. The smallest absolute Gasteiger partial charge is 0.256 e. The third-order valence-electron chi connectivity index (χ3n) is 4.50. The molecule has 2 heterocycles. The van der Waals surface area contributed by atoms with E-state index in [-0.39, 0.29) is 5.91 Å². The van der Waals surface area contributed by atoms with Gasteiger partial charge in [0.15, 0.2) is 0 Å². The van der Waals surface area contributed by atoms with Crippen LogP contribution in [-0.2, 0) is 5.66 Å². The lowest BCUT2D eigenvalue weighted by molar-refractivity contribution is 0.0694. The van der Waals surface area contributed by atoms with Crippen LogP contribution in [0.15, 0.2) is 48.5 Å². The van der Waals surface area contributed by atoms with E-state index in [1.54, 1.807) is 0 Å². The molecule has 2 aromatic carbocycles. The molecule has 112 valence electrons. The zero-order valence-electron chi connectivity index (χ0n) is 12.5. The topological polar surface area (TPSA) is 41.6 Å². The van der Waals surface area contributed by atoms with Crippen molar-refractivity contribution in [3.63, 3.8) is 0 Å². The summed E-state index contributed by atoms with van der Waals surface area (Å²) >= 11 is 0. The van der Waals surface area contributed by atoms with Crippen molar-refractivity contribution in [1.29, 1.82) is 0 Å². The van der Waals surface area contributed by atoms with Crippen LogP contribution < -0.4 is 10.1 Å². The zero-order chi connectivity index (χ0) is 15.2. The highest BCUT2D eigenvalue weighted by Crippen LogP contribution is 2.44. The molecule has 0 bridgehead atoms. The first kappa shape index (κ1) is 13.3. The van der Waals surface area contributed by atoms with Crippen LogP contribution in [0.5, 0.6) is 5.75 Å². The normalized spacial score (nSPS) is 22.6. The van der Waals surface area contributed by atoms with Crippen LogP contribution in [0.3, 0.4) is 0 Å². The van der Waals surface area contributed by atoms with Crippen LogP contribution in [0, 0.1) is 0 Å². The van der Waals surface area contributed by atoms with E-state index in [1.165, 1.54) is 0 Å². The molecule has 2 aliphatic rings. The third kappa shape index (κ3) is 1.64. The Hall–Kier alpha value is -2.33. The monoisotopic (exact) mass is 294 g/mol. The number of benzene rings is 2. The van der Waals surface area contributed by atoms with E-state index < -0.39 is 5.66 Å². The molecular formula is C18H18N2O2. The number of carbonyl (C=O) groups is 1. The lowest BCUT2D eigenvalue weighted by Crippen LogP contribution is -2.46. The molecule has 4 rings (SSSR count). The Labute approximate surface area is 129 Å². The summed E-state index contributed by atoms with van der Waals surface area (Å²) < 4.78 is 5.52. The molecule has 1 saturated heterocycles. The van der Waals surface area contributed by atoms with Crippen molar-refractivity contribution in [1.82, 2.24) is 10.2 Å². The molecule has 22 heavy (non-hydrogen) atoms. The predicted octanol–water partition coefficient (Wildman–Crippen LogP) is 2.35. The average molecular weight is 294 g/mol. The number of ether oxygens (including phenoxy) is 1. The van der Waals surface area contributed by atoms with Crippen LogP contribution in [0.1, 0.15) is 28.4 Å². The van der Waals surface area contributed by atoms with Gasteiger partial charge in [-0.1, -0.05) is 30.3 Å². The standard InChI is InChI=1S/C18H18N2O2/c1-2-22-14-9-7-13(8-10-14)18-16-6-4-3-5-15(16)17(21)20(18)12-11-19-18/h3-10,19H,2,11-12H2,1H3/t18-/m1/s1. The summed E-state index contributed by atoms with van der Waals surface area (Å²) in [7, 11) is 0. The minimum absolute atomic E-state index is 0.106. The van der Waals surface area contributed by atoms with Gasteiger partial charge in [-0.25, -0.2) is 0 Å². The minimum Gasteiger partial charge on any atom is -0.494 e. The summed E-state index contributed by atoms with van der Waals surface area (Å²) in [6.45, 7) is 4.14. The number of nitrogens with one attached hydrogen (secondary N) is 1. The number of rotatable bonds is 3. The van der Waals surface area contributed by atoms with E-state index in [4.69, 9.17) is 4.74 Å². The van der Waals surface area contributed by atoms with Gasteiger partial charge < -0.3 is 9.64 Å². The van der Waals surface area contributed by atoms with Crippen LogP contribution in [0.2, 0.25) is 0 Å². The second kappa shape index (κ2) is 4.85. The van der Waals surface area contributed by atoms with Gasteiger partial charge in [-0.3, -0.25) is 10.1 Å². The first-order valence-electron chi connectivity index (χ1n) is 7.67. The van der Waals surface area contributed by atoms with Crippen molar-refractivity contribution in [3.8, 4) is 5.75 Å². The van der Waals surface area contributed by atoms with Gasteiger partial charge in [-0.05, 0) is 30.7 Å². The Morgan fingerprint density at radius 1 is 1.18 bits per heavy atom. The van der Waals surface area contributed by atoms with Crippen LogP contribution in [0.4, 0.5) is 0 Å². The number of nitrogens with zero attached hydrogens (tertiary/aromatic N) is 1. The summed E-state index contributed by atoms with van der Waals surface area (Å²) in [5, 5.41) is 3.55. The Morgan fingerprint density at radius 3 is 2.73 bits per heavy atom. The molecule has 0 aromatic heterocycles. The molecule has 1 N–H and O–H groups in total. The molecule has 4 nitrogen and oxygen atoms in total. The van der Waals surface area contributed by atoms with E-state index in [2.05, 4.69) is 5.32 Å². The number of hydrogen-bond donors (Lipinski definition) is 1. The van der Waals surface area contributed by atoms with Crippen molar-refractivity contribution in [2.75, 3.05) is 19.7 Å². The van der Waals surface area contributed by atoms with Gasteiger partial charge in [0.1, 0.15) is 11.4 Å². The third-order valence-corrected chi connectivity index (χ3v) is 4.50.